The Morgan fingerprint density at radius 1 is 0.771 bits per heavy atom. The third-order valence-electron chi connectivity index (χ3n) is 7.01. The average Bonchev–Trinajstić information content (AvgIpc) is 2.78. The summed E-state index contributed by atoms with van der Waals surface area (Å²) in [6.45, 7) is 18.2. The number of ether oxygens (including phenoxy) is 2. The van der Waals surface area contributed by atoms with E-state index in [4.69, 9.17) is 9.47 Å². The molecule has 0 radical (unpaired) electrons. The summed E-state index contributed by atoms with van der Waals surface area (Å²) in [4.78, 5) is 11.5. The molecule has 0 unspecified atom stereocenters. The van der Waals surface area contributed by atoms with Crippen molar-refractivity contribution in [1.82, 2.24) is 0 Å². The first kappa shape index (κ1) is 32.2. The molecule has 0 bridgehead atoms. The Bertz CT molecular complexity index is 761. The van der Waals surface area contributed by atoms with Gasteiger partial charge in [-0.15, -0.1) is 0 Å². The monoisotopic (exact) mass is 524 g/mol. The Morgan fingerprint density at radius 3 is 1.86 bits per heavy atom. The van der Waals surface area contributed by atoms with Gasteiger partial charge in [0.2, 0.25) is 0 Å². The molecule has 0 aliphatic rings. The van der Waals surface area contributed by atoms with Gasteiger partial charge in [-0.1, -0.05) is 87.8 Å². The highest BCUT2D eigenvalue weighted by molar-refractivity contribution is 8.76. The van der Waals surface area contributed by atoms with Crippen molar-refractivity contribution in [3.63, 3.8) is 0 Å². The lowest BCUT2D eigenvalue weighted by Gasteiger charge is -2.22. The van der Waals surface area contributed by atoms with Crippen LogP contribution in [0.1, 0.15) is 108 Å². The van der Waals surface area contributed by atoms with Gasteiger partial charge >= 0.3 is 0 Å². The first-order valence-electron chi connectivity index (χ1n) is 13.6. The smallest absolute Gasteiger partial charge is 0.167 e. The lowest BCUT2D eigenvalue weighted by molar-refractivity contribution is -0.118. The fourth-order valence-corrected chi connectivity index (χ4v) is 5.91. The Morgan fingerprint density at radius 2 is 1.31 bits per heavy atom. The molecule has 0 amide bonds. The van der Waals surface area contributed by atoms with Crippen molar-refractivity contribution in [2.45, 2.75) is 113 Å². The van der Waals surface area contributed by atoms with E-state index in [1.165, 1.54) is 50.5 Å². The maximum Gasteiger partial charge on any atom is 0.167 e. The molecule has 0 N–H and O–H groups in total. The van der Waals surface area contributed by atoms with Crippen LogP contribution in [0.15, 0.2) is 0 Å². The minimum atomic E-state index is 0.0384. The van der Waals surface area contributed by atoms with E-state index >= 15 is 0 Å². The van der Waals surface area contributed by atoms with Gasteiger partial charge in [0.1, 0.15) is 18.1 Å². The lowest BCUT2D eigenvalue weighted by atomic mass is 9.92. The van der Waals surface area contributed by atoms with Gasteiger partial charge in [0, 0.05) is 11.3 Å². The van der Waals surface area contributed by atoms with Crippen molar-refractivity contribution >= 4 is 27.4 Å². The number of ketones is 1. The second-order valence-corrected chi connectivity index (χ2v) is 13.5. The van der Waals surface area contributed by atoms with E-state index < -0.39 is 0 Å². The molecule has 1 aromatic carbocycles. The van der Waals surface area contributed by atoms with Crippen LogP contribution in [-0.2, 0) is 10.5 Å². The predicted molar refractivity (Wildman–Crippen MR) is 157 cm³/mol. The zero-order chi connectivity index (χ0) is 26.4. The number of rotatable bonds is 19. The van der Waals surface area contributed by atoms with E-state index in [9.17, 15) is 4.79 Å². The highest BCUT2D eigenvalue weighted by atomic mass is 33.1. The van der Waals surface area contributed by atoms with Gasteiger partial charge in [-0.2, -0.15) is 0 Å². The van der Waals surface area contributed by atoms with E-state index in [-0.39, 0.29) is 12.4 Å². The third-order valence-corrected chi connectivity index (χ3v) is 8.71. The predicted octanol–water partition coefficient (Wildman–Crippen LogP) is 9.52. The number of hydrogen-bond donors (Lipinski definition) is 0. The molecule has 2 atom stereocenters. The zero-order valence-electron chi connectivity index (χ0n) is 24.1. The van der Waals surface area contributed by atoms with Crippen molar-refractivity contribution in [3.05, 3.63) is 22.3 Å². The Balaban J connectivity index is 2.60. The molecule has 0 saturated carbocycles. The van der Waals surface area contributed by atoms with E-state index in [2.05, 4.69) is 54.7 Å². The van der Waals surface area contributed by atoms with Crippen LogP contribution in [0, 0.1) is 38.5 Å². The molecule has 3 nitrogen and oxygen atoms in total. The number of benzene rings is 1. The summed E-state index contributed by atoms with van der Waals surface area (Å²) in [5.74, 6) is 5.20. The van der Waals surface area contributed by atoms with Gasteiger partial charge in [-0.05, 0) is 81.2 Å². The normalized spacial score (nSPS) is 13.2. The molecular formula is C30H52O3S2. The molecule has 0 fully saturated rings. The van der Waals surface area contributed by atoms with Crippen LogP contribution < -0.4 is 9.47 Å². The quantitative estimate of drug-likeness (QED) is 0.133. The van der Waals surface area contributed by atoms with Gasteiger partial charge in [0.15, 0.2) is 5.78 Å². The minimum absolute atomic E-state index is 0.0384. The second kappa shape index (κ2) is 17.6. The van der Waals surface area contributed by atoms with E-state index in [0.29, 0.717) is 0 Å². The van der Waals surface area contributed by atoms with Crippen LogP contribution in [0.4, 0.5) is 0 Å². The third kappa shape index (κ3) is 12.3. The van der Waals surface area contributed by atoms with E-state index in [1.807, 2.05) is 10.8 Å². The van der Waals surface area contributed by atoms with Crippen LogP contribution in [0.2, 0.25) is 0 Å². The van der Waals surface area contributed by atoms with Gasteiger partial charge < -0.3 is 9.47 Å². The minimum Gasteiger partial charge on any atom is -0.493 e. The highest BCUT2D eigenvalue weighted by Crippen LogP contribution is 2.41. The number of carbonyl (C=O) groups is 1. The SMILES string of the molecule is CSSCc1c(C)c(OCC(C)=O)c(C)c(C)c1OCCC[C@H](C)CCC[C@H](C)CCCC(C)C. The molecule has 1 aromatic rings. The highest BCUT2D eigenvalue weighted by Gasteiger charge is 2.20. The largest absolute Gasteiger partial charge is 0.493 e. The molecular weight excluding hydrogens is 472 g/mol. The van der Waals surface area contributed by atoms with Crippen LogP contribution >= 0.6 is 21.6 Å². The van der Waals surface area contributed by atoms with Crippen molar-refractivity contribution < 1.29 is 14.3 Å². The van der Waals surface area contributed by atoms with Crippen molar-refractivity contribution in [3.8, 4) is 11.5 Å². The first-order valence-corrected chi connectivity index (χ1v) is 16.3. The molecule has 1 rings (SSSR count). The number of carbonyl (C=O) groups excluding carboxylic acids is 1. The first-order chi connectivity index (χ1) is 16.6. The number of Topliss-reactive ketones (excluding diaryl/α,β-unsaturated/α-hetero) is 1. The van der Waals surface area contributed by atoms with Crippen LogP contribution in [0.25, 0.3) is 0 Å². The van der Waals surface area contributed by atoms with Gasteiger partial charge in [-0.3, -0.25) is 4.79 Å². The molecule has 0 aromatic heterocycles. The van der Waals surface area contributed by atoms with Gasteiger partial charge in [-0.25, -0.2) is 0 Å². The molecule has 0 saturated heterocycles. The Labute approximate surface area is 224 Å². The summed E-state index contributed by atoms with van der Waals surface area (Å²) in [6.07, 6.45) is 12.6. The summed E-state index contributed by atoms with van der Waals surface area (Å²) < 4.78 is 12.3. The molecule has 5 heteroatoms. The van der Waals surface area contributed by atoms with E-state index in [0.717, 1.165) is 64.7 Å². The molecule has 0 heterocycles. The Kier molecular flexibility index (Phi) is 16.2. The van der Waals surface area contributed by atoms with E-state index in [1.54, 1.807) is 17.7 Å². The fourth-order valence-electron chi connectivity index (χ4n) is 4.62. The maximum atomic E-state index is 11.5. The summed E-state index contributed by atoms with van der Waals surface area (Å²) in [5.41, 5.74) is 4.50. The van der Waals surface area contributed by atoms with Crippen molar-refractivity contribution in [2.75, 3.05) is 19.5 Å². The molecule has 0 aliphatic heterocycles. The van der Waals surface area contributed by atoms with Crippen molar-refractivity contribution in [1.29, 1.82) is 0 Å². The number of hydrogen-bond acceptors (Lipinski definition) is 5. The topological polar surface area (TPSA) is 35.5 Å². The Hall–Kier alpha value is -0.810. The standard InChI is InChI=1S/C30H52O3S2/c1-21(2)13-10-14-22(3)15-11-16-23(4)17-12-18-32-30-26(7)25(6)29(33-19-24(5)31)27(8)28(30)20-35-34-9/h21-23H,10-20H2,1-9H3/t22-,23-/m1/s1. The van der Waals surface area contributed by atoms with Crippen LogP contribution in [0.3, 0.4) is 0 Å². The molecule has 0 aliphatic carbocycles. The summed E-state index contributed by atoms with van der Waals surface area (Å²) in [6, 6.07) is 0. The fraction of sp³-hybridized carbons (Fsp3) is 0.767. The zero-order valence-corrected chi connectivity index (χ0v) is 25.7. The molecule has 202 valence electrons. The van der Waals surface area contributed by atoms with Gasteiger partial charge in [0.25, 0.3) is 0 Å². The van der Waals surface area contributed by atoms with Gasteiger partial charge in [0.05, 0.1) is 6.61 Å². The maximum absolute atomic E-state index is 11.5. The lowest BCUT2D eigenvalue weighted by Crippen LogP contribution is -2.12. The molecule has 0 spiro atoms. The average molecular weight is 525 g/mol. The summed E-state index contributed by atoms with van der Waals surface area (Å²) in [7, 11) is 3.57. The molecule has 35 heavy (non-hydrogen) atoms. The van der Waals surface area contributed by atoms with Crippen LogP contribution in [-0.4, -0.2) is 25.3 Å². The van der Waals surface area contributed by atoms with Crippen LogP contribution in [0.5, 0.6) is 11.5 Å². The second-order valence-electron chi connectivity index (χ2n) is 10.9. The summed E-state index contributed by atoms with van der Waals surface area (Å²) in [5, 5.41) is 0. The summed E-state index contributed by atoms with van der Waals surface area (Å²) >= 11 is 0. The van der Waals surface area contributed by atoms with Crippen molar-refractivity contribution in [2.24, 2.45) is 17.8 Å².